The van der Waals surface area contributed by atoms with Crippen LogP contribution >= 0.6 is 0 Å². The first-order valence-electron chi connectivity index (χ1n) is 6.91. The minimum atomic E-state index is -0.310. The summed E-state index contributed by atoms with van der Waals surface area (Å²) >= 11 is 0. The molecule has 0 fully saturated rings. The SMILES string of the molecule is CCOC(=O)CCN1CC(C)(C)Oc2cccc(N)c21. The molecular weight excluding hydrogens is 256 g/mol. The van der Waals surface area contributed by atoms with Crippen molar-refractivity contribution in [2.75, 3.05) is 30.3 Å². The van der Waals surface area contributed by atoms with Crippen LogP contribution in [0.3, 0.4) is 0 Å². The molecule has 1 aromatic carbocycles. The molecule has 0 unspecified atom stereocenters. The number of hydrogen-bond acceptors (Lipinski definition) is 5. The molecular formula is C15H22N2O3. The summed E-state index contributed by atoms with van der Waals surface area (Å²) in [5, 5.41) is 0. The summed E-state index contributed by atoms with van der Waals surface area (Å²) in [6.07, 6.45) is 0.345. The first-order valence-corrected chi connectivity index (χ1v) is 6.91. The molecule has 5 nitrogen and oxygen atoms in total. The lowest BCUT2D eigenvalue weighted by Gasteiger charge is -2.41. The third-order valence-corrected chi connectivity index (χ3v) is 3.20. The Morgan fingerprint density at radius 2 is 2.25 bits per heavy atom. The molecule has 0 atom stereocenters. The number of rotatable bonds is 4. The zero-order valence-electron chi connectivity index (χ0n) is 12.3. The van der Waals surface area contributed by atoms with Gasteiger partial charge in [0.2, 0.25) is 0 Å². The molecule has 0 saturated heterocycles. The van der Waals surface area contributed by atoms with E-state index in [1.165, 1.54) is 0 Å². The van der Waals surface area contributed by atoms with Gasteiger partial charge in [0, 0.05) is 6.54 Å². The Bertz CT molecular complexity index is 500. The van der Waals surface area contributed by atoms with Crippen LogP contribution in [0.15, 0.2) is 18.2 Å². The largest absolute Gasteiger partial charge is 0.484 e. The van der Waals surface area contributed by atoms with Crippen LogP contribution in [0, 0.1) is 0 Å². The van der Waals surface area contributed by atoms with Crippen LogP contribution in [0.2, 0.25) is 0 Å². The fourth-order valence-electron chi connectivity index (χ4n) is 2.48. The minimum Gasteiger partial charge on any atom is -0.484 e. The Morgan fingerprint density at radius 1 is 1.50 bits per heavy atom. The number of nitrogens with zero attached hydrogens (tertiary/aromatic N) is 1. The Kier molecular flexibility index (Phi) is 4.06. The van der Waals surface area contributed by atoms with Crippen LogP contribution in [0.5, 0.6) is 5.75 Å². The summed E-state index contributed by atoms with van der Waals surface area (Å²) in [5.74, 6) is 0.581. The van der Waals surface area contributed by atoms with Crippen LogP contribution in [0.4, 0.5) is 11.4 Å². The van der Waals surface area contributed by atoms with E-state index in [1.807, 2.05) is 39.0 Å². The van der Waals surface area contributed by atoms with E-state index in [0.29, 0.717) is 31.8 Å². The van der Waals surface area contributed by atoms with Gasteiger partial charge < -0.3 is 20.1 Å². The molecule has 1 aliphatic heterocycles. The molecule has 0 aliphatic carbocycles. The van der Waals surface area contributed by atoms with E-state index < -0.39 is 0 Å². The van der Waals surface area contributed by atoms with Crippen molar-refractivity contribution in [2.24, 2.45) is 0 Å². The Balaban J connectivity index is 2.18. The second kappa shape index (κ2) is 5.61. The molecule has 110 valence electrons. The number of anilines is 2. The molecule has 0 spiro atoms. The summed E-state index contributed by atoms with van der Waals surface area (Å²) in [4.78, 5) is 13.6. The highest BCUT2D eigenvalue weighted by Crippen LogP contribution is 2.40. The summed E-state index contributed by atoms with van der Waals surface area (Å²) < 4.78 is 10.9. The molecule has 0 saturated carbocycles. The van der Waals surface area contributed by atoms with E-state index in [4.69, 9.17) is 15.2 Å². The topological polar surface area (TPSA) is 64.8 Å². The Hall–Kier alpha value is -1.91. The van der Waals surface area contributed by atoms with Gasteiger partial charge in [0.25, 0.3) is 0 Å². The third-order valence-electron chi connectivity index (χ3n) is 3.20. The quantitative estimate of drug-likeness (QED) is 0.675. The molecule has 0 aromatic heterocycles. The Morgan fingerprint density at radius 3 is 2.95 bits per heavy atom. The van der Waals surface area contributed by atoms with Crippen molar-refractivity contribution < 1.29 is 14.3 Å². The smallest absolute Gasteiger partial charge is 0.307 e. The molecule has 1 aliphatic rings. The van der Waals surface area contributed by atoms with Gasteiger partial charge in [0.1, 0.15) is 17.0 Å². The molecule has 2 rings (SSSR count). The number of hydrogen-bond donors (Lipinski definition) is 1. The second-order valence-corrected chi connectivity index (χ2v) is 5.53. The fraction of sp³-hybridized carbons (Fsp3) is 0.533. The predicted octanol–water partition coefficient (Wildman–Crippen LogP) is 2.20. The van der Waals surface area contributed by atoms with Crippen LogP contribution in [0.25, 0.3) is 0 Å². The number of esters is 1. The monoisotopic (exact) mass is 278 g/mol. The van der Waals surface area contributed by atoms with Gasteiger partial charge in [-0.1, -0.05) is 6.07 Å². The van der Waals surface area contributed by atoms with Gasteiger partial charge >= 0.3 is 5.97 Å². The van der Waals surface area contributed by atoms with E-state index in [1.54, 1.807) is 0 Å². The first-order chi connectivity index (χ1) is 9.43. The molecule has 20 heavy (non-hydrogen) atoms. The highest BCUT2D eigenvalue weighted by Gasteiger charge is 2.32. The number of benzene rings is 1. The van der Waals surface area contributed by atoms with Crippen molar-refractivity contribution in [2.45, 2.75) is 32.8 Å². The van der Waals surface area contributed by atoms with Crippen LogP contribution < -0.4 is 15.4 Å². The number of carbonyl (C=O) groups is 1. The maximum atomic E-state index is 11.5. The lowest BCUT2D eigenvalue weighted by atomic mass is 10.0. The van der Waals surface area contributed by atoms with Gasteiger partial charge in [-0.15, -0.1) is 0 Å². The Labute approximate surface area is 119 Å². The first kappa shape index (κ1) is 14.5. The van der Waals surface area contributed by atoms with Crippen molar-refractivity contribution in [3.05, 3.63) is 18.2 Å². The molecule has 0 amide bonds. The van der Waals surface area contributed by atoms with Crippen molar-refractivity contribution in [3.8, 4) is 5.75 Å². The van der Waals surface area contributed by atoms with E-state index in [-0.39, 0.29) is 11.6 Å². The summed E-state index contributed by atoms with van der Waals surface area (Å²) in [7, 11) is 0. The van der Waals surface area contributed by atoms with E-state index in [9.17, 15) is 4.79 Å². The standard InChI is InChI=1S/C15H22N2O3/c1-4-19-13(18)8-9-17-10-15(2,3)20-12-7-5-6-11(16)14(12)17/h5-7H,4,8-10,16H2,1-3H3. The maximum Gasteiger partial charge on any atom is 0.307 e. The lowest BCUT2D eigenvalue weighted by Crippen LogP contribution is -2.47. The van der Waals surface area contributed by atoms with Crippen molar-refractivity contribution in [1.82, 2.24) is 0 Å². The van der Waals surface area contributed by atoms with E-state index >= 15 is 0 Å². The molecule has 0 bridgehead atoms. The lowest BCUT2D eigenvalue weighted by molar-refractivity contribution is -0.142. The van der Waals surface area contributed by atoms with Gasteiger partial charge in [0.05, 0.1) is 25.3 Å². The summed E-state index contributed by atoms with van der Waals surface area (Å²) in [6, 6.07) is 5.63. The summed E-state index contributed by atoms with van der Waals surface area (Å²) in [5.41, 5.74) is 7.28. The predicted molar refractivity (Wildman–Crippen MR) is 79.0 cm³/mol. The van der Waals surface area contributed by atoms with Crippen molar-refractivity contribution in [1.29, 1.82) is 0 Å². The minimum absolute atomic E-state index is 0.187. The van der Waals surface area contributed by atoms with Gasteiger partial charge in [-0.3, -0.25) is 4.79 Å². The van der Waals surface area contributed by atoms with Crippen LogP contribution in [-0.4, -0.2) is 31.3 Å². The maximum absolute atomic E-state index is 11.5. The molecule has 0 radical (unpaired) electrons. The van der Waals surface area contributed by atoms with Crippen molar-refractivity contribution in [3.63, 3.8) is 0 Å². The number of fused-ring (bicyclic) bond motifs is 1. The second-order valence-electron chi connectivity index (χ2n) is 5.53. The van der Waals surface area contributed by atoms with Gasteiger partial charge in [-0.2, -0.15) is 0 Å². The van der Waals surface area contributed by atoms with Gasteiger partial charge in [-0.05, 0) is 32.9 Å². The number of ether oxygens (including phenoxy) is 2. The molecule has 1 heterocycles. The zero-order valence-corrected chi connectivity index (χ0v) is 12.3. The third kappa shape index (κ3) is 3.15. The molecule has 1 aromatic rings. The highest BCUT2D eigenvalue weighted by atomic mass is 16.5. The molecule has 2 N–H and O–H groups in total. The number of para-hydroxylation sites is 1. The van der Waals surface area contributed by atoms with Gasteiger partial charge in [0.15, 0.2) is 0 Å². The van der Waals surface area contributed by atoms with Crippen molar-refractivity contribution >= 4 is 17.3 Å². The number of nitrogens with two attached hydrogens (primary N) is 1. The molecule has 5 heteroatoms. The number of carbonyl (C=O) groups excluding carboxylic acids is 1. The van der Waals surface area contributed by atoms with Crippen LogP contribution in [0.1, 0.15) is 27.2 Å². The average molecular weight is 278 g/mol. The number of nitrogen functional groups attached to an aromatic ring is 1. The van der Waals surface area contributed by atoms with Gasteiger partial charge in [-0.25, -0.2) is 0 Å². The van der Waals surface area contributed by atoms with E-state index in [0.717, 1.165) is 11.4 Å². The van der Waals surface area contributed by atoms with Crippen LogP contribution in [-0.2, 0) is 9.53 Å². The fourth-order valence-corrected chi connectivity index (χ4v) is 2.48. The zero-order chi connectivity index (χ0) is 14.8. The van der Waals surface area contributed by atoms with E-state index in [2.05, 4.69) is 4.90 Å². The summed E-state index contributed by atoms with van der Waals surface area (Å²) in [6.45, 7) is 7.53. The average Bonchev–Trinajstić information content (AvgIpc) is 2.35. The highest BCUT2D eigenvalue weighted by molar-refractivity contribution is 5.77. The normalized spacial score (nSPS) is 16.2.